The molecule has 0 aliphatic carbocycles. The normalized spacial score (nSPS) is 12.1. The molecule has 5 aromatic rings. The Kier molecular flexibility index (Phi) is 5.26. The smallest absolute Gasteiger partial charge is 0.229 e. The van der Waals surface area contributed by atoms with E-state index in [0.717, 1.165) is 56.0 Å². The highest BCUT2D eigenvalue weighted by molar-refractivity contribution is 7.92. The summed E-state index contributed by atoms with van der Waals surface area (Å²) in [5.74, 6) is 0. The molecule has 35 heavy (non-hydrogen) atoms. The molecule has 0 saturated heterocycles. The quantitative estimate of drug-likeness (QED) is 0.363. The number of fused-ring (bicyclic) bond motifs is 3. The van der Waals surface area contributed by atoms with Crippen molar-refractivity contribution in [2.45, 2.75) is 19.3 Å². The number of hydrogen-bond donors (Lipinski definition) is 2. The van der Waals surface area contributed by atoms with E-state index < -0.39 is 15.4 Å². The van der Waals surface area contributed by atoms with Crippen molar-refractivity contribution in [3.05, 3.63) is 72.7 Å². The minimum Gasteiger partial charge on any atom is -0.282 e. The lowest BCUT2D eigenvalue weighted by atomic mass is 9.86. The van der Waals surface area contributed by atoms with Crippen molar-refractivity contribution in [1.29, 1.82) is 5.26 Å². The molecule has 5 rings (SSSR count). The fraction of sp³-hybridized carbons (Fsp3) is 0.154. The van der Waals surface area contributed by atoms with E-state index in [9.17, 15) is 13.7 Å². The summed E-state index contributed by atoms with van der Waals surface area (Å²) in [7, 11) is -3.41. The molecule has 0 spiro atoms. The Morgan fingerprint density at radius 1 is 0.971 bits per heavy atom. The molecule has 0 amide bonds. The summed E-state index contributed by atoms with van der Waals surface area (Å²) in [5.41, 5.74) is 5.72. The van der Waals surface area contributed by atoms with E-state index in [1.807, 2.05) is 56.3 Å². The van der Waals surface area contributed by atoms with Crippen LogP contribution in [0, 0.1) is 11.3 Å². The molecule has 9 heteroatoms. The second kappa shape index (κ2) is 8.18. The van der Waals surface area contributed by atoms with E-state index in [2.05, 4.69) is 31.0 Å². The zero-order valence-corrected chi connectivity index (χ0v) is 20.2. The average molecular weight is 483 g/mol. The molecule has 0 saturated carbocycles. The minimum absolute atomic E-state index is 0.394. The first-order valence-corrected chi connectivity index (χ1v) is 12.8. The van der Waals surface area contributed by atoms with Gasteiger partial charge in [-0.1, -0.05) is 30.3 Å². The zero-order valence-electron chi connectivity index (χ0n) is 19.4. The number of hydrogen-bond acceptors (Lipinski definition) is 6. The minimum atomic E-state index is -3.41. The standard InChI is InChI=1S/C26H22N6O2S/c1-26(2,15-27)19-7-4-16(5-8-19)25-24-21-11-17(6-9-22(21)29-14-23(24)30-31-25)18-10-20(13-28-12-18)32-35(3,33)34/h4-14,32H,1-3H3,(H,30,31). The van der Waals surface area contributed by atoms with Crippen LogP contribution >= 0.6 is 0 Å². The molecule has 0 fully saturated rings. The van der Waals surface area contributed by atoms with E-state index in [1.54, 1.807) is 18.5 Å². The predicted molar refractivity (Wildman–Crippen MR) is 137 cm³/mol. The van der Waals surface area contributed by atoms with Crippen LogP contribution in [-0.4, -0.2) is 34.8 Å². The van der Waals surface area contributed by atoms with E-state index in [4.69, 9.17) is 0 Å². The fourth-order valence-corrected chi connectivity index (χ4v) is 4.61. The number of benzene rings is 2. The van der Waals surface area contributed by atoms with Crippen LogP contribution in [0.3, 0.4) is 0 Å². The number of sulfonamides is 1. The molecule has 3 aromatic heterocycles. The Labute approximate surface area is 202 Å². The first-order valence-electron chi connectivity index (χ1n) is 10.9. The number of nitriles is 1. The van der Waals surface area contributed by atoms with Gasteiger partial charge in [0.2, 0.25) is 10.0 Å². The Morgan fingerprint density at radius 2 is 1.71 bits per heavy atom. The number of pyridine rings is 2. The number of nitrogens with one attached hydrogen (secondary N) is 2. The maximum Gasteiger partial charge on any atom is 0.229 e. The first-order chi connectivity index (χ1) is 16.6. The Balaban J connectivity index is 1.64. The summed E-state index contributed by atoms with van der Waals surface area (Å²) >= 11 is 0. The maximum absolute atomic E-state index is 11.6. The molecule has 0 radical (unpaired) electrons. The van der Waals surface area contributed by atoms with Crippen LogP contribution in [0.1, 0.15) is 19.4 Å². The van der Waals surface area contributed by atoms with Gasteiger partial charge in [-0.25, -0.2) is 8.42 Å². The van der Waals surface area contributed by atoms with Gasteiger partial charge >= 0.3 is 0 Å². The number of nitrogens with zero attached hydrogens (tertiary/aromatic N) is 4. The molecule has 8 nitrogen and oxygen atoms in total. The van der Waals surface area contributed by atoms with E-state index in [1.165, 1.54) is 6.20 Å². The van der Waals surface area contributed by atoms with E-state index in [-0.39, 0.29) is 0 Å². The Hall–Kier alpha value is -4.29. The summed E-state index contributed by atoms with van der Waals surface area (Å²) in [4.78, 5) is 8.75. The molecule has 2 N–H and O–H groups in total. The van der Waals surface area contributed by atoms with Crippen LogP contribution < -0.4 is 4.72 Å². The van der Waals surface area contributed by atoms with Gasteiger partial charge in [-0.3, -0.25) is 19.8 Å². The zero-order chi connectivity index (χ0) is 24.8. The first kappa shape index (κ1) is 22.5. The summed E-state index contributed by atoms with van der Waals surface area (Å²) in [6.45, 7) is 3.78. The van der Waals surface area contributed by atoms with Gasteiger partial charge in [-0.05, 0) is 43.2 Å². The third-order valence-corrected chi connectivity index (χ3v) is 6.53. The number of aromatic nitrogens is 4. The molecule has 0 aliphatic rings. The summed E-state index contributed by atoms with van der Waals surface area (Å²) < 4.78 is 25.7. The van der Waals surface area contributed by atoms with Crippen LogP contribution in [0.5, 0.6) is 0 Å². The van der Waals surface area contributed by atoms with Crippen molar-refractivity contribution in [3.8, 4) is 28.5 Å². The summed E-state index contributed by atoms with van der Waals surface area (Å²) in [6.07, 6.45) is 6.02. The van der Waals surface area contributed by atoms with E-state index in [0.29, 0.717) is 5.69 Å². The maximum atomic E-state index is 11.6. The molecule has 3 heterocycles. The average Bonchev–Trinajstić information content (AvgIpc) is 3.28. The highest BCUT2D eigenvalue weighted by Gasteiger charge is 2.20. The fourth-order valence-electron chi connectivity index (χ4n) is 4.07. The SMILES string of the molecule is CC(C)(C#N)c1ccc(-c2n[nH]c3cnc4ccc(-c5cncc(NS(C)(=O)=O)c5)cc4c23)cc1. The van der Waals surface area contributed by atoms with Crippen molar-refractivity contribution >= 4 is 37.5 Å². The second-order valence-corrected chi connectivity index (χ2v) is 10.8. The van der Waals surface area contributed by atoms with Gasteiger partial charge in [-0.15, -0.1) is 0 Å². The van der Waals surface area contributed by atoms with Gasteiger partial charge in [0.05, 0.1) is 46.9 Å². The Morgan fingerprint density at radius 3 is 2.43 bits per heavy atom. The number of rotatable bonds is 5. The van der Waals surface area contributed by atoms with Crippen molar-refractivity contribution in [3.63, 3.8) is 0 Å². The molecular formula is C26H22N6O2S. The lowest BCUT2D eigenvalue weighted by molar-refractivity contribution is 0.607. The molecule has 2 aromatic carbocycles. The van der Waals surface area contributed by atoms with Crippen LogP contribution in [0.2, 0.25) is 0 Å². The number of H-pyrrole nitrogens is 1. The molecule has 0 bridgehead atoms. The van der Waals surface area contributed by atoms with Gasteiger partial charge < -0.3 is 0 Å². The van der Waals surface area contributed by atoms with Gasteiger partial charge in [0.15, 0.2) is 0 Å². The third kappa shape index (κ3) is 4.32. The van der Waals surface area contributed by atoms with Crippen molar-refractivity contribution in [1.82, 2.24) is 20.2 Å². The highest BCUT2D eigenvalue weighted by atomic mass is 32.2. The molecule has 174 valence electrons. The van der Waals surface area contributed by atoms with Gasteiger partial charge in [0.25, 0.3) is 0 Å². The van der Waals surface area contributed by atoms with Gasteiger partial charge in [0, 0.05) is 28.1 Å². The predicted octanol–water partition coefficient (Wildman–Crippen LogP) is 5.01. The number of anilines is 1. The van der Waals surface area contributed by atoms with Crippen LogP contribution in [-0.2, 0) is 15.4 Å². The van der Waals surface area contributed by atoms with Crippen LogP contribution in [0.25, 0.3) is 44.2 Å². The lowest BCUT2D eigenvalue weighted by Crippen LogP contribution is -2.13. The van der Waals surface area contributed by atoms with E-state index >= 15 is 0 Å². The van der Waals surface area contributed by atoms with Crippen LogP contribution in [0.15, 0.2) is 67.1 Å². The molecule has 0 aliphatic heterocycles. The van der Waals surface area contributed by atoms with Crippen molar-refractivity contribution in [2.75, 3.05) is 11.0 Å². The van der Waals surface area contributed by atoms with Crippen molar-refractivity contribution < 1.29 is 8.42 Å². The largest absolute Gasteiger partial charge is 0.282 e. The molecular weight excluding hydrogens is 460 g/mol. The molecule has 0 atom stereocenters. The molecule has 0 unspecified atom stereocenters. The number of aromatic amines is 1. The summed E-state index contributed by atoms with van der Waals surface area (Å²) in [6, 6.07) is 17.8. The van der Waals surface area contributed by atoms with Crippen LogP contribution in [0.4, 0.5) is 5.69 Å². The third-order valence-electron chi connectivity index (χ3n) is 5.93. The monoisotopic (exact) mass is 482 g/mol. The highest BCUT2D eigenvalue weighted by Crippen LogP contribution is 2.35. The topological polar surface area (TPSA) is 124 Å². The van der Waals surface area contributed by atoms with Gasteiger partial charge in [0.1, 0.15) is 5.69 Å². The van der Waals surface area contributed by atoms with Crippen molar-refractivity contribution in [2.24, 2.45) is 0 Å². The van der Waals surface area contributed by atoms with Gasteiger partial charge in [-0.2, -0.15) is 10.4 Å². The summed E-state index contributed by atoms with van der Waals surface area (Å²) in [5, 5.41) is 18.9. The lowest BCUT2D eigenvalue weighted by Gasteiger charge is -2.15. The second-order valence-electron chi connectivity index (χ2n) is 9.00. The Bertz CT molecular complexity index is 1730.